The van der Waals surface area contributed by atoms with Gasteiger partial charge in [0.2, 0.25) is 5.91 Å². The molecule has 152 valence electrons. The molecule has 0 aliphatic heterocycles. The van der Waals surface area contributed by atoms with E-state index in [9.17, 15) is 13.6 Å². The van der Waals surface area contributed by atoms with Gasteiger partial charge in [-0.2, -0.15) is 10.2 Å². The number of anilines is 1. The Labute approximate surface area is 175 Å². The molecule has 1 aliphatic carbocycles. The molecule has 29 heavy (non-hydrogen) atoms. The quantitative estimate of drug-likeness (QED) is 0.554. The van der Waals surface area contributed by atoms with Crippen LogP contribution in [0.15, 0.2) is 41.0 Å². The summed E-state index contributed by atoms with van der Waals surface area (Å²) >= 11 is 3.41. The maximum absolute atomic E-state index is 13.0. The normalized spacial score (nSPS) is 13.8. The van der Waals surface area contributed by atoms with Crippen molar-refractivity contribution in [2.24, 2.45) is 0 Å². The zero-order valence-electron chi connectivity index (χ0n) is 15.8. The van der Waals surface area contributed by atoms with E-state index in [1.807, 2.05) is 31.2 Å². The number of hydrogen-bond donors (Lipinski definition) is 1. The molecule has 1 fully saturated rings. The first kappa shape index (κ1) is 19.8. The Morgan fingerprint density at radius 2 is 2.00 bits per heavy atom. The molecule has 9 heteroatoms. The van der Waals surface area contributed by atoms with Gasteiger partial charge in [0.1, 0.15) is 12.2 Å². The van der Waals surface area contributed by atoms with Crippen molar-refractivity contribution >= 4 is 27.7 Å². The van der Waals surface area contributed by atoms with Crippen LogP contribution in [0.2, 0.25) is 0 Å². The second-order valence-electron chi connectivity index (χ2n) is 7.28. The van der Waals surface area contributed by atoms with Gasteiger partial charge in [-0.1, -0.05) is 29.8 Å². The van der Waals surface area contributed by atoms with Crippen LogP contribution in [0.4, 0.5) is 14.6 Å². The average Bonchev–Trinajstić information content (AvgIpc) is 3.34. The molecule has 6 nitrogen and oxygen atoms in total. The fourth-order valence-corrected chi connectivity index (χ4v) is 3.56. The van der Waals surface area contributed by atoms with Gasteiger partial charge in [-0.25, -0.2) is 8.78 Å². The second-order valence-corrected chi connectivity index (χ2v) is 8.14. The first-order chi connectivity index (χ1) is 13.9. The van der Waals surface area contributed by atoms with E-state index in [1.165, 1.54) is 16.3 Å². The van der Waals surface area contributed by atoms with Crippen molar-refractivity contribution in [1.29, 1.82) is 0 Å². The summed E-state index contributed by atoms with van der Waals surface area (Å²) in [4.78, 5) is 12.5. The van der Waals surface area contributed by atoms with E-state index in [-0.39, 0.29) is 24.1 Å². The standard InChI is InChI=1S/C20H20BrF2N5O/c1-12-2-4-13(5-3-12)9-27-10-15(21)20(26-27)24-18(29)11-28-17(14-6-7-14)8-16(25-28)19(22)23/h2-5,8,10,14,19H,6-7,9,11H2,1H3,(H,24,26,29). The fraction of sp³-hybridized carbons (Fsp3) is 0.350. The minimum atomic E-state index is -2.65. The van der Waals surface area contributed by atoms with Crippen molar-refractivity contribution < 1.29 is 13.6 Å². The first-order valence-corrected chi connectivity index (χ1v) is 10.1. The molecule has 2 heterocycles. The summed E-state index contributed by atoms with van der Waals surface area (Å²) in [7, 11) is 0. The third kappa shape index (κ3) is 4.72. The summed E-state index contributed by atoms with van der Waals surface area (Å²) in [6.07, 6.45) is 1.01. The van der Waals surface area contributed by atoms with E-state index in [0.717, 1.165) is 18.4 Å². The van der Waals surface area contributed by atoms with Crippen LogP contribution >= 0.6 is 15.9 Å². The van der Waals surface area contributed by atoms with Gasteiger partial charge < -0.3 is 5.32 Å². The Balaban J connectivity index is 1.44. The maximum atomic E-state index is 13.0. The molecule has 0 unspecified atom stereocenters. The number of carbonyl (C=O) groups is 1. The molecule has 0 bridgehead atoms. The molecule has 0 atom stereocenters. The van der Waals surface area contributed by atoms with Crippen molar-refractivity contribution in [2.45, 2.75) is 45.2 Å². The van der Waals surface area contributed by atoms with Gasteiger partial charge >= 0.3 is 0 Å². The summed E-state index contributed by atoms with van der Waals surface area (Å²) in [5.41, 5.74) is 2.68. The number of aryl methyl sites for hydroxylation is 1. The molecule has 3 aromatic rings. The van der Waals surface area contributed by atoms with Crippen LogP contribution in [0.5, 0.6) is 0 Å². The molecule has 2 aromatic heterocycles. The van der Waals surface area contributed by atoms with Gasteiger partial charge in [0.25, 0.3) is 6.43 Å². The van der Waals surface area contributed by atoms with Crippen molar-refractivity contribution in [3.63, 3.8) is 0 Å². The Bertz CT molecular complexity index is 1020. The Morgan fingerprint density at radius 1 is 1.28 bits per heavy atom. The summed E-state index contributed by atoms with van der Waals surface area (Å²) in [6.45, 7) is 2.47. The highest BCUT2D eigenvalue weighted by molar-refractivity contribution is 9.10. The molecule has 1 saturated carbocycles. The smallest absolute Gasteiger partial charge is 0.282 e. The highest BCUT2D eigenvalue weighted by atomic mass is 79.9. The zero-order valence-corrected chi connectivity index (χ0v) is 17.4. The molecule has 1 aliphatic rings. The van der Waals surface area contributed by atoms with E-state index < -0.39 is 6.43 Å². The van der Waals surface area contributed by atoms with Crippen molar-refractivity contribution in [2.75, 3.05) is 5.32 Å². The zero-order chi connectivity index (χ0) is 20.5. The van der Waals surface area contributed by atoms with Crippen LogP contribution < -0.4 is 5.32 Å². The van der Waals surface area contributed by atoms with E-state index in [1.54, 1.807) is 10.9 Å². The Morgan fingerprint density at radius 3 is 2.66 bits per heavy atom. The summed E-state index contributed by atoms with van der Waals surface area (Å²) < 4.78 is 29.7. The van der Waals surface area contributed by atoms with Crippen LogP contribution in [0, 0.1) is 6.92 Å². The fourth-order valence-electron chi connectivity index (χ4n) is 3.14. The molecule has 0 saturated heterocycles. The summed E-state index contributed by atoms with van der Waals surface area (Å²) in [5.74, 6) is 0.233. The minimum Gasteiger partial charge on any atom is -0.307 e. The van der Waals surface area contributed by atoms with Crippen molar-refractivity contribution in [3.05, 3.63) is 63.5 Å². The third-order valence-electron chi connectivity index (χ3n) is 4.78. The van der Waals surface area contributed by atoms with Crippen LogP contribution in [0.1, 0.15) is 47.7 Å². The summed E-state index contributed by atoms with van der Waals surface area (Å²) in [6, 6.07) is 9.53. The molecule has 0 spiro atoms. The third-order valence-corrected chi connectivity index (χ3v) is 5.36. The van der Waals surface area contributed by atoms with Gasteiger partial charge in [-0.3, -0.25) is 14.2 Å². The lowest BCUT2D eigenvalue weighted by atomic mass is 10.1. The number of hydrogen-bond acceptors (Lipinski definition) is 3. The highest BCUT2D eigenvalue weighted by Gasteiger charge is 2.30. The maximum Gasteiger partial charge on any atom is 0.282 e. The Hall–Kier alpha value is -2.55. The molecular weight excluding hydrogens is 444 g/mol. The number of halogens is 3. The SMILES string of the molecule is Cc1ccc(Cn2cc(Br)c(NC(=O)Cn3nc(C(F)F)cc3C3CC3)n2)cc1. The molecule has 1 amide bonds. The molecule has 0 radical (unpaired) electrons. The molecular formula is C20H20BrF2N5O. The predicted octanol–water partition coefficient (Wildman–Crippen LogP) is 4.65. The first-order valence-electron chi connectivity index (χ1n) is 9.33. The topological polar surface area (TPSA) is 64.7 Å². The van der Waals surface area contributed by atoms with Crippen LogP contribution in [-0.4, -0.2) is 25.5 Å². The second kappa shape index (κ2) is 8.06. The van der Waals surface area contributed by atoms with Gasteiger partial charge in [-0.05, 0) is 47.3 Å². The number of nitrogens with zero attached hydrogens (tertiary/aromatic N) is 4. The lowest BCUT2D eigenvalue weighted by Crippen LogP contribution is -2.21. The van der Waals surface area contributed by atoms with Crippen LogP contribution in [-0.2, 0) is 17.9 Å². The lowest BCUT2D eigenvalue weighted by Gasteiger charge is -2.07. The van der Waals surface area contributed by atoms with Gasteiger partial charge in [0.05, 0.1) is 11.0 Å². The van der Waals surface area contributed by atoms with Crippen molar-refractivity contribution in [3.8, 4) is 0 Å². The molecule has 4 rings (SSSR count). The van der Waals surface area contributed by atoms with E-state index >= 15 is 0 Å². The number of rotatable bonds is 7. The number of aromatic nitrogens is 4. The minimum absolute atomic E-state index is 0.129. The van der Waals surface area contributed by atoms with Gasteiger partial charge in [0.15, 0.2) is 5.82 Å². The number of alkyl halides is 2. The van der Waals surface area contributed by atoms with Crippen LogP contribution in [0.3, 0.4) is 0 Å². The lowest BCUT2D eigenvalue weighted by molar-refractivity contribution is -0.117. The number of benzene rings is 1. The number of nitrogens with one attached hydrogen (secondary N) is 1. The number of carbonyl (C=O) groups excluding carboxylic acids is 1. The molecule has 1 aromatic carbocycles. The number of amides is 1. The predicted molar refractivity (Wildman–Crippen MR) is 108 cm³/mol. The highest BCUT2D eigenvalue weighted by Crippen LogP contribution is 2.41. The van der Waals surface area contributed by atoms with E-state index in [2.05, 4.69) is 31.4 Å². The molecule has 1 N–H and O–H groups in total. The Kier molecular flexibility index (Phi) is 5.49. The average molecular weight is 464 g/mol. The largest absolute Gasteiger partial charge is 0.307 e. The van der Waals surface area contributed by atoms with E-state index in [4.69, 9.17) is 0 Å². The monoisotopic (exact) mass is 463 g/mol. The van der Waals surface area contributed by atoms with Gasteiger partial charge in [-0.15, -0.1) is 0 Å². The van der Waals surface area contributed by atoms with E-state index in [0.29, 0.717) is 22.5 Å². The summed E-state index contributed by atoms with van der Waals surface area (Å²) in [5, 5.41) is 11.0. The van der Waals surface area contributed by atoms with Gasteiger partial charge in [0, 0.05) is 17.8 Å². The van der Waals surface area contributed by atoms with Crippen molar-refractivity contribution in [1.82, 2.24) is 19.6 Å². The van der Waals surface area contributed by atoms with Crippen LogP contribution in [0.25, 0.3) is 0 Å².